The molecule has 2 aromatic heterocycles. The number of aryl methyl sites for hydroxylation is 1. The molecule has 4 nitrogen and oxygen atoms in total. The van der Waals surface area contributed by atoms with Gasteiger partial charge in [0.1, 0.15) is 5.82 Å². The molecular weight excluding hydrogens is 284 g/mol. The molecule has 1 N–H and O–H groups in total. The molecule has 0 unspecified atom stereocenters. The molecule has 0 spiro atoms. The van der Waals surface area contributed by atoms with Gasteiger partial charge in [-0.15, -0.1) is 0 Å². The monoisotopic (exact) mass is 306 g/mol. The average molecular weight is 306 g/mol. The Bertz CT molecular complexity index is 801. The summed E-state index contributed by atoms with van der Waals surface area (Å²) < 4.78 is 1.95. The maximum absolute atomic E-state index is 4.73. The van der Waals surface area contributed by atoms with Crippen molar-refractivity contribution in [3.8, 4) is 11.1 Å². The lowest BCUT2D eigenvalue weighted by Gasteiger charge is -2.24. The Balaban J connectivity index is 1.75. The van der Waals surface area contributed by atoms with Gasteiger partial charge in [-0.05, 0) is 25.3 Å². The van der Waals surface area contributed by atoms with Crippen LogP contribution < -0.4 is 5.32 Å². The third kappa shape index (κ3) is 2.81. The highest BCUT2D eigenvalue weighted by atomic mass is 15.3. The first-order chi connectivity index (χ1) is 11.3. The van der Waals surface area contributed by atoms with Crippen LogP contribution in [0.15, 0.2) is 42.6 Å². The fraction of sp³-hybridized carbons (Fsp3) is 0.368. The first kappa shape index (κ1) is 14.2. The number of hydrogen-bond acceptors (Lipinski definition) is 3. The molecule has 0 saturated heterocycles. The van der Waals surface area contributed by atoms with Crippen LogP contribution in [-0.4, -0.2) is 20.6 Å². The van der Waals surface area contributed by atoms with Crippen LogP contribution in [0.25, 0.3) is 16.8 Å². The maximum atomic E-state index is 4.73. The minimum atomic E-state index is 0.554. The molecule has 1 fully saturated rings. The third-order valence-corrected chi connectivity index (χ3v) is 4.64. The zero-order valence-electron chi connectivity index (χ0n) is 13.5. The Hall–Kier alpha value is -2.36. The van der Waals surface area contributed by atoms with Crippen LogP contribution in [-0.2, 0) is 0 Å². The van der Waals surface area contributed by atoms with Gasteiger partial charge in [0, 0.05) is 23.4 Å². The molecule has 1 aromatic carbocycles. The fourth-order valence-electron chi connectivity index (χ4n) is 3.46. The van der Waals surface area contributed by atoms with Crippen molar-refractivity contribution in [2.45, 2.75) is 45.1 Å². The fourth-order valence-corrected chi connectivity index (χ4v) is 3.46. The van der Waals surface area contributed by atoms with E-state index in [1.165, 1.54) is 32.1 Å². The molecule has 0 bridgehead atoms. The molecule has 118 valence electrons. The average Bonchev–Trinajstić information content (AvgIpc) is 3.00. The molecule has 23 heavy (non-hydrogen) atoms. The summed E-state index contributed by atoms with van der Waals surface area (Å²) in [5.74, 6) is 1.06. The number of nitrogens with one attached hydrogen (secondary N) is 1. The predicted molar refractivity (Wildman–Crippen MR) is 93.7 cm³/mol. The summed E-state index contributed by atoms with van der Waals surface area (Å²) in [7, 11) is 0. The number of rotatable bonds is 3. The van der Waals surface area contributed by atoms with Gasteiger partial charge in [-0.2, -0.15) is 9.61 Å². The highest BCUT2D eigenvalue weighted by Gasteiger charge is 2.17. The molecule has 1 saturated carbocycles. The van der Waals surface area contributed by atoms with Crippen molar-refractivity contribution in [2.75, 3.05) is 5.32 Å². The predicted octanol–water partition coefficient (Wildman–Crippen LogP) is 4.45. The number of anilines is 1. The van der Waals surface area contributed by atoms with Crippen LogP contribution in [0.5, 0.6) is 0 Å². The van der Waals surface area contributed by atoms with Gasteiger partial charge >= 0.3 is 0 Å². The summed E-state index contributed by atoms with van der Waals surface area (Å²) in [5, 5.41) is 8.28. The molecule has 0 atom stereocenters. The third-order valence-electron chi connectivity index (χ3n) is 4.64. The summed E-state index contributed by atoms with van der Waals surface area (Å²) >= 11 is 0. The molecule has 0 amide bonds. The smallest absolute Gasteiger partial charge is 0.165 e. The largest absolute Gasteiger partial charge is 0.367 e. The van der Waals surface area contributed by atoms with E-state index in [-0.39, 0.29) is 0 Å². The number of nitrogens with zero attached hydrogens (tertiary/aromatic N) is 3. The van der Waals surface area contributed by atoms with Crippen molar-refractivity contribution in [1.82, 2.24) is 14.6 Å². The first-order valence-electron chi connectivity index (χ1n) is 8.48. The van der Waals surface area contributed by atoms with Crippen molar-refractivity contribution in [3.05, 3.63) is 48.3 Å². The molecule has 1 aliphatic rings. The van der Waals surface area contributed by atoms with Crippen LogP contribution in [0.4, 0.5) is 5.82 Å². The highest BCUT2D eigenvalue weighted by molar-refractivity contribution is 5.78. The minimum Gasteiger partial charge on any atom is -0.367 e. The van der Waals surface area contributed by atoms with Crippen LogP contribution in [0, 0.1) is 6.92 Å². The van der Waals surface area contributed by atoms with Crippen molar-refractivity contribution >= 4 is 11.5 Å². The van der Waals surface area contributed by atoms with Crippen molar-refractivity contribution in [3.63, 3.8) is 0 Å². The summed E-state index contributed by atoms with van der Waals surface area (Å²) in [6.45, 7) is 2.05. The second-order valence-corrected chi connectivity index (χ2v) is 6.42. The van der Waals surface area contributed by atoms with Gasteiger partial charge in [0.05, 0.1) is 6.20 Å². The number of fused-ring (bicyclic) bond motifs is 1. The standard InChI is InChI=1S/C19H22N4/c1-14-12-18(22-16-10-6-3-7-11-16)23-19(21-14)17(13-20-23)15-8-4-2-5-9-15/h2,4-5,8-9,12-13,16,22H,3,6-7,10-11H2,1H3. The van der Waals surface area contributed by atoms with E-state index in [1.807, 2.05) is 23.7 Å². The topological polar surface area (TPSA) is 42.2 Å². The zero-order valence-corrected chi connectivity index (χ0v) is 13.5. The van der Waals surface area contributed by atoms with Crippen LogP contribution in [0.1, 0.15) is 37.8 Å². The van der Waals surface area contributed by atoms with Crippen molar-refractivity contribution < 1.29 is 0 Å². The molecular formula is C19H22N4. The molecule has 1 aliphatic carbocycles. The molecule has 0 aliphatic heterocycles. The van der Waals surface area contributed by atoms with Gasteiger partial charge in [-0.3, -0.25) is 0 Å². The maximum Gasteiger partial charge on any atom is 0.165 e. The number of aromatic nitrogens is 3. The van der Waals surface area contributed by atoms with Gasteiger partial charge in [-0.1, -0.05) is 49.6 Å². The number of hydrogen-bond donors (Lipinski definition) is 1. The van der Waals surface area contributed by atoms with E-state index in [0.717, 1.165) is 28.3 Å². The van der Waals surface area contributed by atoms with Crippen molar-refractivity contribution in [1.29, 1.82) is 0 Å². The van der Waals surface area contributed by atoms with E-state index in [1.54, 1.807) is 0 Å². The lowest BCUT2D eigenvalue weighted by Crippen LogP contribution is -2.24. The van der Waals surface area contributed by atoms with Crippen LogP contribution in [0.3, 0.4) is 0 Å². The second kappa shape index (κ2) is 6.03. The van der Waals surface area contributed by atoms with E-state index < -0.39 is 0 Å². The number of benzene rings is 1. The van der Waals surface area contributed by atoms with Gasteiger partial charge < -0.3 is 5.32 Å². The zero-order chi connectivity index (χ0) is 15.6. The summed E-state index contributed by atoms with van der Waals surface area (Å²) in [6.07, 6.45) is 8.41. The lowest BCUT2D eigenvalue weighted by molar-refractivity contribution is 0.461. The Morgan fingerprint density at radius 1 is 1.09 bits per heavy atom. The molecule has 4 heteroatoms. The van der Waals surface area contributed by atoms with Gasteiger partial charge in [0.2, 0.25) is 0 Å². The normalized spacial score (nSPS) is 15.9. The Kier molecular flexibility index (Phi) is 3.74. The molecule has 2 heterocycles. The van der Waals surface area contributed by atoms with E-state index in [4.69, 9.17) is 4.98 Å². The molecule has 3 aromatic rings. The van der Waals surface area contributed by atoms with E-state index in [2.05, 4.69) is 40.7 Å². The summed E-state index contributed by atoms with van der Waals surface area (Å²) in [4.78, 5) is 4.73. The van der Waals surface area contributed by atoms with Crippen molar-refractivity contribution in [2.24, 2.45) is 0 Å². The minimum absolute atomic E-state index is 0.554. The Morgan fingerprint density at radius 3 is 2.65 bits per heavy atom. The van der Waals surface area contributed by atoms with E-state index in [0.29, 0.717) is 6.04 Å². The van der Waals surface area contributed by atoms with Crippen LogP contribution in [0.2, 0.25) is 0 Å². The first-order valence-corrected chi connectivity index (χ1v) is 8.48. The van der Waals surface area contributed by atoms with Gasteiger partial charge in [0.25, 0.3) is 0 Å². The van der Waals surface area contributed by atoms with Gasteiger partial charge in [-0.25, -0.2) is 4.98 Å². The Labute approximate surface area is 136 Å². The summed E-state index contributed by atoms with van der Waals surface area (Å²) in [6, 6.07) is 13.0. The molecule has 4 rings (SSSR count). The quantitative estimate of drug-likeness (QED) is 0.777. The van der Waals surface area contributed by atoms with E-state index in [9.17, 15) is 0 Å². The summed E-state index contributed by atoms with van der Waals surface area (Å²) in [5.41, 5.74) is 4.19. The molecule has 0 radical (unpaired) electrons. The van der Waals surface area contributed by atoms with Crippen LogP contribution >= 0.6 is 0 Å². The SMILES string of the molecule is Cc1cc(NC2CCCCC2)n2ncc(-c3ccccc3)c2n1. The second-order valence-electron chi connectivity index (χ2n) is 6.42. The lowest BCUT2D eigenvalue weighted by atomic mass is 9.95. The Morgan fingerprint density at radius 2 is 1.87 bits per heavy atom. The van der Waals surface area contributed by atoms with E-state index >= 15 is 0 Å². The highest BCUT2D eigenvalue weighted by Crippen LogP contribution is 2.27. The van der Waals surface area contributed by atoms with Gasteiger partial charge in [0.15, 0.2) is 5.65 Å².